The van der Waals surface area contributed by atoms with Crippen LogP contribution in [0, 0.1) is 11.3 Å². The van der Waals surface area contributed by atoms with Crippen LogP contribution in [-0.2, 0) is 0 Å². The van der Waals surface area contributed by atoms with Crippen molar-refractivity contribution >= 4 is 23.4 Å². The van der Waals surface area contributed by atoms with Crippen LogP contribution in [0.1, 0.15) is 12.8 Å². The van der Waals surface area contributed by atoms with Crippen molar-refractivity contribution in [1.82, 2.24) is 15.2 Å². The lowest BCUT2D eigenvalue weighted by Crippen LogP contribution is -1.89. The second-order valence-corrected chi connectivity index (χ2v) is 5.42. The van der Waals surface area contributed by atoms with Gasteiger partial charge in [0, 0.05) is 17.2 Å². The summed E-state index contributed by atoms with van der Waals surface area (Å²) in [7, 11) is 1.60. The molecule has 20 heavy (non-hydrogen) atoms. The molecule has 104 valence electrons. The first kappa shape index (κ1) is 14.7. The van der Waals surface area contributed by atoms with Crippen LogP contribution in [0.15, 0.2) is 23.4 Å². The van der Waals surface area contributed by atoms with Crippen LogP contribution in [0.4, 0.5) is 0 Å². The van der Waals surface area contributed by atoms with Crippen molar-refractivity contribution in [3.63, 3.8) is 0 Å². The molecule has 0 aliphatic heterocycles. The van der Waals surface area contributed by atoms with Gasteiger partial charge in [0.15, 0.2) is 5.82 Å². The zero-order chi connectivity index (χ0) is 14.4. The van der Waals surface area contributed by atoms with Crippen LogP contribution in [0.3, 0.4) is 0 Å². The Kier molecular flexibility index (Phi) is 5.27. The summed E-state index contributed by atoms with van der Waals surface area (Å²) in [5.41, 5.74) is 0.774. The first-order chi connectivity index (χ1) is 9.74. The van der Waals surface area contributed by atoms with Gasteiger partial charge in [-0.1, -0.05) is 23.4 Å². The lowest BCUT2D eigenvalue weighted by Gasteiger charge is -2.05. The molecule has 5 nitrogen and oxygen atoms in total. The standard InChI is InChI=1S/C13H13ClN4OS/c1-19-11-5-4-9(14)8-10(11)12-16-13(18-17-12)20-7-3-2-6-15/h4-5,8H,2-3,7H2,1H3,(H,16,17,18). The van der Waals surface area contributed by atoms with Gasteiger partial charge in [-0.2, -0.15) is 5.26 Å². The fraction of sp³-hybridized carbons (Fsp3) is 0.308. The topological polar surface area (TPSA) is 74.6 Å². The molecule has 0 radical (unpaired) electrons. The summed E-state index contributed by atoms with van der Waals surface area (Å²) < 4.78 is 5.29. The fourth-order valence-corrected chi connectivity index (χ4v) is 2.52. The Balaban J connectivity index is 2.12. The molecule has 0 amide bonds. The van der Waals surface area contributed by atoms with Gasteiger partial charge in [0.1, 0.15) is 5.75 Å². The highest BCUT2D eigenvalue weighted by atomic mass is 35.5. The number of nitrogens with one attached hydrogen (secondary N) is 1. The Morgan fingerprint density at radius 1 is 1.50 bits per heavy atom. The molecular weight excluding hydrogens is 296 g/mol. The second-order valence-electron chi connectivity index (χ2n) is 3.92. The third-order valence-corrected chi connectivity index (χ3v) is 3.71. The van der Waals surface area contributed by atoms with E-state index >= 15 is 0 Å². The first-order valence-corrected chi connectivity index (χ1v) is 7.37. The predicted octanol–water partition coefficient (Wildman–Crippen LogP) is 3.53. The number of halogens is 1. The number of aromatic nitrogens is 3. The quantitative estimate of drug-likeness (QED) is 0.652. The second kappa shape index (κ2) is 7.17. The molecule has 7 heteroatoms. The third-order valence-electron chi connectivity index (χ3n) is 2.55. The van der Waals surface area contributed by atoms with Gasteiger partial charge in [0.05, 0.1) is 18.7 Å². The Morgan fingerprint density at radius 2 is 2.35 bits per heavy atom. The van der Waals surface area contributed by atoms with E-state index in [9.17, 15) is 0 Å². The maximum absolute atomic E-state index is 8.48. The normalized spacial score (nSPS) is 10.2. The zero-order valence-corrected chi connectivity index (χ0v) is 12.5. The van der Waals surface area contributed by atoms with E-state index in [-0.39, 0.29) is 0 Å². The summed E-state index contributed by atoms with van der Waals surface area (Å²) in [6, 6.07) is 7.45. The van der Waals surface area contributed by atoms with Crippen LogP contribution in [-0.4, -0.2) is 28.0 Å². The number of hydrogen-bond donors (Lipinski definition) is 1. The summed E-state index contributed by atoms with van der Waals surface area (Å²) in [4.78, 5) is 4.40. The molecule has 0 atom stereocenters. The minimum atomic E-state index is 0.548. The number of ether oxygens (including phenoxy) is 1. The van der Waals surface area contributed by atoms with Crippen molar-refractivity contribution in [2.75, 3.05) is 12.9 Å². The minimum Gasteiger partial charge on any atom is -0.496 e. The number of thioether (sulfide) groups is 1. The Hall–Kier alpha value is -1.71. The smallest absolute Gasteiger partial charge is 0.208 e. The van der Waals surface area contributed by atoms with Crippen molar-refractivity contribution in [2.24, 2.45) is 0 Å². The van der Waals surface area contributed by atoms with E-state index in [1.807, 2.05) is 0 Å². The molecule has 1 heterocycles. The highest BCUT2D eigenvalue weighted by Crippen LogP contribution is 2.31. The molecule has 0 aliphatic rings. The number of unbranched alkanes of at least 4 members (excludes halogenated alkanes) is 1. The molecular formula is C13H13ClN4OS. The maximum atomic E-state index is 8.48. The SMILES string of the molecule is COc1ccc(Cl)cc1-c1nc(SCCCC#N)n[nH]1. The van der Waals surface area contributed by atoms with Gasteiger partial charge in [0.2, 0.25) is 5.16 Å². The van der Waals surface area contributed by atoms with Gasteiger partial charge < -0.3 is 4.74 Å². The van der Waals surface area contributed by atoms with Gasteiger partial charge in [-0.05, 0) is 24.6 Å². The summed E-state index contributed by atoms with van der Waals surface area (Å²) in [5.74, 6) is 2.12. The lowest BCUT2D eigenvalue weighted by molar-refractivity contribution is 0.416. The molecule has 0 spiro atoms. The average Bonchev–Trinajstić information content (AvgIpc) is 2.92. The van der Waals surface area contributed by atoms with Gasteiger partial charge in [-0.3, -0.25) is 5.10 Å². The molecule has 0 unspecified atom stereocenters. The van der Waals surface area contributed by atoms with E-state index in [0.29, 0.717) is 28.2 Å². The van der Waals surface area contributed by atoms with Crippen molar-refractivity contribution in [1.29, 1.82) is 5.26 Å². The van der Waals surface area contributed by atoms with Crippen molar-refractivity contribution in [3.05, 3.63) is 23.2 Å². The monoisotopic (exact) mass is 308 g/mol. The third kappa shape index (κ3) is 3.65. The lowest BCUT2D eigenvalue weighted by atomic mass is 10.2. The van der Waals surface area contributed by atoms with Gasteiger partial charge >= 0.3 is 0 Å². The molecule has 0 saturated carbocycles. The Labute approximate surface area is 126 Å². The molecule has 2 rings (SSSR count). The number of aromatic amines is 1. The molecule has 0 fully saturated rings. The van der Waals surface area contributed by atoms with Crippen LogP contribution in [0.5, 0.6) is 5.75 Å². The number of benzene rings is 1. The molecule has 1 aromatic heterocycles. The summed E-state index contributed by atoms with van der Waals surface area (Å²) in [6.45, 7) is 0. The first-order valence-electron chi connectivity index (χ1n) is 6.00. The predicted molar refractivity (Wildman–Crippen MR) is 79.0 cm³/mol. The fourth-order valence-electron chi connectivity index (χ4n) is 1.61. The molecule has 0 bridgehead atoms. The van der Waals surface area contributed by atoms with E-state index in [1.165, 1.54) is 11.8 Å². The van der Waals surface area contributed by atoms with E-state index in [2.05, 4.69) is 21.3 Å². The number of methoxy groups -OCH3 is 1. The molecule has 0 saturated heterocycles. The Morgan fingerprint density at radius 3 is 3.10 bits per heavy atom. The number of nitrogens with zero attached hydrogens (tertiary/aromatic N) is 3. The average molecular weight is 309 g/mol. The van der Waals surface area contributed by atoms with Gasteiger partial charge in [-0.15, -0.1) is 5.10 Å². The van der Waals surface area contributed by atoms with Crippen molar-refractivity contribution < 1.29 is 4.74 Å². The number of hydrogen-bond acceptors (Lipinski definition) is 5. The summed E-state index contributed by atoms with van der Waals surface area (Å²) in [5, 5.41) is 16.8. The van der Waals surface area contributed by atoms with Gasteiger partial charge in [0.25, 0.3) is 0 Å². The van der Waals surface area contributed by atoms with E-state index in [0.717, 1.165) is 17.7 Å². The highest BCUT2D eigenvalue weighted by Gasteiger charge is 2.11. The minimum absolute atomic E-state index is 0.548. The van der Waals surface area contributed by atoms with Crippen LogP contribution < -0.4 is 4.74 Å². The maximum Gasteiger partial charge on any atom is 0.208 e. The largest absolute Gasteiger partial charge is 0.496 e. The van der Waals surface area contributed by atoms with Crippen LogP contribution in [0.2, 0.25) is 5.02 Å². The van der Waals surface area contributed by atoms with Gasteiger partial charge in [-0.25, -0.2) is 4.98 Å². The van der Waals surface area contributed by atoms with Crippen LogP contribution in [0.25, 0.3) is 11.4 Å². The summed E-state index contributed by atoms with van der Waals surface area (Å²) in [6.07, 6.45) is 1.37. The Bertz CT molecular complexity index is 623. The molecule has 1 N–H and O–H groups in total. The summed E-state index contributed by atoms with van der Waals surface area (Å²) >= 11 is 7.51. The number of rotatable bonds is 6. The molecule has 2 aromatic rings. The van der Waals surface area contributed by atoms with Crippen molar-refractivity contribution in [2.45, 2.75) is 18.0 Å². The zero-order valence-electron chi connectivity index (χ0n) is 10.9. The van der Waals surface area contributed by atoms with Crippen LogP contribution >= 0.6 is 23.4 Å². The van der Waals surface area contributed by atoms with E-state index < -0.39 is 0 Å². The molecule has 1 aromatic carbocycles. The number of nitriles is 1. The van der Waals surface area contributed by atoms with E-state index in [1.54, 1.807) is 25.3 Å². The number of H-pyrrole nitrogens is 1. The highest BCUT2D eigenvalue weighted by molar-refractivity contribution is 7.99. The van der Waals surface area contributed by atoms with Crippen molar-refractivity contribution in [3.8, 4) is 23.2 Å². The van der Waals surface area contributed by atoms with E-state index in [4.69, 9.17) is 21.6 Å². The molecule has 0 aliphatic carbocycles.